The maximum Gasteiger partial charge on any atom is 0.321 e. The van der Waals surface area contributed by atoms with Crippen LogP contribution >= 0.6 is 11.3 Å². The fourth-order valence-corrected chi connectivity index (χ4v) is 2.53. The van der Waals surface area contributed by atoms with Gasteiger partial charge in [-0.2, -0.15) is 0 Å². The molecule has 0 aliphatic heterocycles. The molecule has 134 valence electrons. The quantitative estimate of drug-likeness (QED) is 0.769. The Labute approximate surface area is 144 Å². The van der Waals surface area contributed by atoms with E-state index in [0.717, 1.165) is 17.0 Å². The minimum atomic E-state index is -1.11. The molecule has 1 aromatic rings. The number of hydrogen-bond donors (Lipinski definition) is 2. The number of imide groups is 1. The number of carbonyl (C=O) groups is 3. The lowest BCUT2D eigenvalue weighted by molar-refractivity contribution is -0.154. The van der Waals surface area contributed by atoms with Gasteiger partial charge < -0.3 is 14.6 Å². The fraction of sp³-hybridized carbons (Fsp3) is 0.600. The van der Waals surface area contributed by atoms with Gasteiger partial charge in [0, 0.05) is 23.2 Å². The highest BCUT2D eigenvalue weighted by Gasteiger charge is 2.22. The van der Waals surface area contributed by atoms with Gasteiger partial charge in [-0.05, 0) is 34.6 Å². The number of amides is 3. The number of aryl methyl sites for hydroxylation is 1. The van der Waals surface area contributed by atoms with Crippen LogP contribution in [-0.4, -0.2) is 34.1 Å². The van der Waals surface area contributed by atoms with E-state index in [0.29, 0.717) is 0 Å². The van der Waals surface area contributed by atoms with E-state index in [9.17, 15) is 19.2 Å². The van der Waals surface area contributed by atoms with Gasteiger partial charge in [0.05, 0.1) is 6.42 Å². The van der Waals surface area contributed by atoms with Gasteiger partial charge in [-0.3, -0.25) is 19.7 Å². The van der Waals surface area contributed by atoms with Crippen LogP contribution in [-0.2, 0) is 20.9 Å². The molecule has 1 heterocycles. The Kier molecular flexibility index (Phi) is 6.70. The molecule has 0 radical (unpaired) electrons. The van der Waals surface area contributed by atoms with Crippen LogP contribution in [0.15, 0.2) is 10.2 Å². The van der Waals surface area contributed by atoms with Crippen LogP contribution in [0.4, 0.5) is 4.79 Å². The second kappa shape index (κ2) is 8.09. The number of thiazole rings is 1. The van der Waals surface area contributed by atoms with E-state index in [1.165, 1.54) is 11.5 Å². The largest absolute Gasteiger partial charge is 0.452 e. The maximum absolute atomic E-state index is 11.8. The Hall–Kier alpha value is -2.16. The maximum atomic E-state index is 11.8. The Morgan fingerprint density at radius 2 is 1.96 bits per heavy atom. The van der Waals surface area contributed by atoms with Crippen molar-refractivity contribution in [1.29, 1.82) is 0 Å². The Morgan fingerprint density at radius 1 is 1.33 bits per heavy atom. The number of hydrogen-bond acceptors (Lipinski definition) is 6. The molecule has 0 spiro atoms. The first-order chi connectivity index (χ1) is 11.0. The molecule has 0 fully saturated rings. The molecule has 3 amide bonds. The van der Waals surface area contributed by atoms with Crippen molar-refractivity contribution in [3.63, 3.8) is 0 Å². The van der Waals surface area contributed by atoms with E-state index >= 15 is 0 Å². The highest BCUT2D eigenvalue weighted by molar-refractivity contribution is 7.07. The minimum Gasteiger partial charge on any atom is -0.452 e. The van der Waals surface area contributed by atoms with Crippen LogP contribution in [0.5, 0.6) is 0 Å². The van der Waals surface area contributed by atoms with Crippen LogP contribution in [0.25, 0.3) is 0 Å². The lowest BCUT2D eigenvalue weighted by atomic mass is 10.1. The second-order valence-corrected chi connectivity index (χ2v) is 7.19. The molecule has 0 aliphatic rings. The topological polar surface area (TPSA) is 106 Å². The molecule has 1 aromatic heterocycles. The van der Waals surface area contributed by atoms with Crippen molar-refractivity contribution in [3.05, 3.63) is 20.7 Å². The van der Waals surface area contributed by atoms with Crippen molar-refractivity contribution in [2.24, 2.45) is 0 Å². The zero-order chi connectivity index (χ0) is 18.5. The summed E-state index contributed by atoms with van der Waals surface area (Å²) in [5.74, 6) is -1.33. The monoisotopic (exact) mass is 357 g/mol. The smallest absolute Gasteiger partial charge is 0.321 e. The first-order valence-electron chi connectivity index (χ1n) is 7.47. The number of nitrogens with zero attached hydrogens (tertiary/aromatic N) is 1. The van der Waals surface area contributed by atoms with Crippen molar-refractivity contribution in [2.75, 3.05) is 0 Å². The third kappa shape index (κ3) is 6.53. The molecule has 0 aromatic carbocycles. The predicted molar refractivity (Wildman–Crippen MR) is 89.9 cm³/mol. The lowest BCUT2D eigenvalue weighted by Crippen LogP contribution is -2.50. The molecule has 0 unspecified atom stereocenters. The normalized spacial score (nSPS) is 12.4. The summed E-state index contributed by atoms with van der Waals surface area (Å²) in [5, 5.41) is 6.38. The molecule has 0 aliphatic carbocycles. The summed E-state index contributed by atoms with van der Waals surface area (Å²) in [4.78, 5) is 46.6. The number of ether oxygens (including phenoxy) is 1. The number of urea groups is 1. The number of carbonyl (C=O) groups excluding carboxylic acids is 3. The summed E-state index contributed by atoms with van der Waals surface area (Å²) in [5.41, 5.74) is 0.276. The Morgan fingerprint density at radius 3 is 2.46 bits per heavy atom. The zero-order valence-electron chi connectivity index (χ0n) is 14.5. The van der Waals surface area contributed by atoms with Crippen LogP contribution in [0.3, 0.4) is 0 Å². The predicted octanol–water partition coefficient (Wildman–Crippen LogP) is 1.16. The van der Waals surface area contributed by atoms with Gasteiger partial charge in [0.25, 0.3) is 5.91 Å². The average molecular weight is 357 g/mol. The van der Waals surface area contributed by atoms with Crippen LogP contribution < -0.4 is 15.5 Å². The molecule has 1 atom stereocenters. The molecular formula is C15H23N3O5S. The van der Waals surface area contributed by atoms with Gasteiger partial charge in [-0.15, -0.1) is 0 Å². The molecule has 0 saturated carbocycles. The molecule has 0 saturated heterocycles. The molecule has 24 heavy (non-hydrogen) atoms. The lowest BCUT2D eigenvalue weighted by Gasteiger charge is -2.21. The average Bonchev–Trinajstić information content (AvgIpc) is 2.73. The van der Waals surface area contributed by atoms with E-state index in [-0.39, 0.29) is 17.8 Å². The number of esters is 1. The molecule has 2 N–H and O–H groups in total. The first kappa shape index (κ1) is 19.9. The number of nitrogens with one attached hydrogen (secondary N) is 2. The van der Waals surface area contributed by atoms with Crippen LogP contribution in [0, 0.1) is 6.92 Å². The number of rotatable bonds is 5. The van der Waals surface area contributed by atoms with Gasteiger partial charge in [0.15, 0.2) is 6.10 Å². The summed E-state index contributed by atoms with van der Waals surface area (Å²) in [6, 6.07) is -0.657. The minimum absolute atomic E-state index is 0.0384. The molecule has 9 heteroatoms. The molecular weight excluding hydrogens is 334 g/mol. The first-order valence-corrected chi connectivity index (χ1v) is 8.35. The van der Waals surface area contributed by atoms with Crippen molar-refractivity contribution in [2.45, 2.75) is 59.2 Å². The van der Waals surface area contributed by atoms with Gasteiger partial charge in [0.2, 0.25) is 0 Å². The SMILES string of the molecule is Cc1csc(=O)n1CCC(=O)O[C@H](C)C(=O)NC(=O)NC(C)(C)C. The molecule has 0 bridgehead atoms. The van der Waals surface area contributed by atoms with E-state index < -0.39 is 29.6 Å². The van der Waals surface area contributed by atoms with E-state index in [4.69, 9.17) is 4.74 Å². The van der Waals surface area contributed by atoms with Gasteiger partial charge >= 0.3 is 16.9 Å². The van der Waals surface area contributed by atoms with E-state index in [1.54, 1.807) is 33.1 Å². The van der Waals surface area contributed by atoms with Crippen LogP contribution in [0.2, 0.25) is 0 Å². The van der Waals surface area contributed by atoms with Crippen molar-refractivity contribution < 1.29 is 19.1 Å². The summed E-state index contributed by atoms with van der Waals surface area (Å²) < 4.78 is 6.44. The zero-order valence-corrected chi connectivity index (χ0v) is 15.3. The van der Waals surface area contributed by atoms with Gasteiger partial charge in [0.1, 0.15) is 0 Å². The Balaban J connectivity index is 2.44. The standard InChI is InChI=1S/C15H23N3O5S/c1-9-8-24-14(22)18(9)7-6-11(19)23-10(2)12(20)16-13(21)17-15(3,4)5/h8,10H,6-7H2,1-5H3,(H2,16,17,20,21)/t10-/m1/s1. The van der Waals surface area contributed by atoms with E-state index in [2.05, 4.69) is 10.6 Å². The fourth-order valence-electron chi connectivity index (χ4n) is 1.77. The van der Waals surface area contributed by atoms with Crippen molar-refractivity contribution >= 4 is 29.2 Å². The highest BCUT2D eigenvalue weighted by atomic mass is 32.1. The third-order valence-electron chi connectivity index (χ3n) is 2.92. The summed E-state index contributed by atoms with van der Waals surface area (Å²) in [6.45, 7) is 8.65. The molecule has 8 nitrogen and oxygen atoms in total. The Bertz CT molecular complexity index is 671. The third-order valence-corrected chi connectivity index (χ3v) is 3.80. The van der Waals surface area contributed by atoms with Gasteiger partial charge in [-0.25, -0.2) is 4.79 Å². The van der Waals surface area contributed by atoms with Crippen molar-refractivity contribution in [1.82, 2.24) is 15.2 Å². The molecule has 1 rings (SSSR count). The van der Waals surface area contributed by atoms with Crippen molar-refractivity contribution in [3.8, 4) is 0 Å². The summed E-state index contributed by atoms with van der Waals surface area (Å²) in [6.07, 6.45) is -1.15. The van der Waals surface area contributed by atoms with E-state index in [1.807, 2.05) is 0 Å². The summed E-state index contributed by atoms with van der Waals surface area (Å²) in [7, 11) is 0. The number of aromatic nitrogens is 1. The second-order valence-electron chi connectivity index (χ2n) is 6.37. The van der Waals surface area contributed by atoms with Crippen LogP contribution in [0.1, 0.15) is 39.8 Å². The summed E-state index contributed by atoms with van der Waals surface area (Å²) >= 11 is 1.06. The van der Waals surface area contributed by atoms with Gasteiger partial charge in [-0.1, -0.05) is 11.3 Å². The highest BCUT2D eigenvalue weighted by Crippen LogP contribution is 2.03.